The quantitative estimate of drug-likeness (QED) is 0.585. The SMILES string of the molecule is C=CCNC(=O)C(C)NC(CC)COC. The van der Waals surface area contributed by atoms with Crippen LogP contribution in [0.25, 0.3) is 0 Å². The first kappa shape index (κ1) is 14.1. The molecule has 2 N–H and O–H groups in total. The van der Waals surface area contributed by atoms with Crippen molar-refractivity contribution in [2.75, 3.05) is 20.3 Å². The van der Waals surface area contributed by atoms with E-state index in [-0.39, 0.29) is 18.0 Å². The van der Waals surface area contributed by atoms with Crippen molar-refractivity contribution in [1.29, 1.82) is 0 Å². The predicted octanol–water partition coefficient (Wildman–Crippen LogP) is 0.692. The zero-order valence-electron chi connectivity index (χ0n) is 9.88. The molecule has 0 fully saturated rings. The maximum atomic E-state index is 11.5. The number of ether oxygens (including phenoxy) is 1. The minimum atomic E-state index is -0.204. The van der Waals surface area contributed by atoms with Gasteiger partial charge in [-0.1, -0.05) is 13.0 Å². The molecule has 4 nitrogen and oxygen atoms in total. The van der Waals surface area contributed by atoms with E-state index in [2.05, 4.69) is 24.1 Å². The van der Waals surface area contributed by atoms with Gasteiger partial charge in [0.2, 0.25) is 5.91 Å². The van der Waals surface area contributed by atoms with Gasteiger partial charge in [0.1, 0.15) is 0 Å². The van der Waals surface area contributed by atoms with Crippen LogP contribution in [0.3, 0.4) is 0 Å². The predicted molar refractivity (Wildman–Crippen MR) is 61.8 cm³/mol. The van der Waals surface area contributed by atoms with Gasteiger partial charge in [-0.25, -0.2) is 0 Å². The molecule has 15 heavy (non-hydrogen) atoms. The molecule has 0 aliphatic heterocycles. The summed E-state index contributed by atoms with van der Waals surface area (Å²) < 4.78 is 5.05. The van der Waals surface area contributed by atoms with E-state index in [1.54, 1.807) is 13.2 Å². The number of hydrogen-bond donors (Lipinski definition) is 2. The highest BCUT2D eigenvalue weighted by atomic mass is 16.5. The summed E-state index contributed by atoms with van der Waals surface area (Å²) in [5, 5.41) is 5.95. The van der Waals surface area contributed by atoms with Crippen molar-refractivity contribution in [1.82, 2.24) is 10.6 Å². The van der Waals surface area contributed by atoms with Crippen LogP contribution in [-0.4, -0.2) is 38.3 Å². The van der Waals surface area contributed by atoms with Crippen molar-refractivity contribution in [3.63, 3.8) is 0 Å². The molecule has 0 aromatic rings. The van der Waals surface area contributed by atoms with Gasteiger partial charge in [0.15, 0.2) is 0 Å². The van der Waals surface area contributed by atoms with E-state index < -0.39 is 0 Å². The van der Waals surface area contributed by atoms with Gasteiger partial charge < -0.3 is 15.4 Å². The molecule has 0 heterocycles. The van der Waals surface area contributed by atoms with Crippen molar-refractivity contribution in [3.8, 4) is 0 Å². The summed E-state index contributed by atoms with van der Waals surface area (Å²) in [6.45, 7) is 8.57. The van der Waals surface area contributed by atoms with Crippen LogP contribution in [0.1, 0.15) is 20.3 Å². The van der Waals surface area contributed by atoms with Crippen molar-refractivity contribution in [2.24, 2.45) is 0 Å². The summed E-state index contributed by atoms with van der Waals surface area (Å²) in [6.07, 6.45) is 2.60. The summed E-state index contributed by atoms with van der Waals surface area (Å²) in [5.74, 6) is -0.00977. The normalized spacial score (nSPS) is 14.3. The van der Waals surface area contributed by atoms with Crippen molar-refractivity contribution in [3.05, 3.63) is 12.7 Å². The fourth-order valence-electron chi connectivity index (χ4n) is 1.24. The highest BCUT2D eigenvalue weighted by Crippen LogP contribution is 1.94. The molecule has 0 rings (SSSR count). The summed E-state index contributed by atoms with van der Waals surface area (Å²) in [5.41, 5.74) is 0. The van der Waals surface area contributed by atoms with Crippen LogP contribution in [0.2, 0.25) is 0 Å². The molecule has 0 spiro atoms. The third kappa shape index (κ3) is 6.25. The highest BCUT2D eigenvalue weighted by Gasteiger charge is 2.15. The van der Waals surface area contributed by atoms with Gasteiger partial charge in [0.25, 0.3) is 0 Å². The molecule has 88 valence electrons. The second-order valence-electron chi connectivity index (χ2n) is 3.48. The van der Waals surface area contributed by atoms with Crippen molar-refractivity contribution >= 4 is 5.91 Å². The highest BCUT2D eigenvalue weighted by molar-refractivity contribution is 5.81. The van der Waals surface area contributed by atoms with Gasteiger partial charge in [-0.15, -0.1) is 6.58 Å². The summed E-state index contributed by atoms with van der Waals surface area (Å²) in [4.78, 5) is 11.5. The number of rotatable bonds is 8. The number of nitrogens with one attached hydrogen (secondary N) is 2. The monoisotopic (exact) mass is 214 g/mol. The Labute approximate surface area is 92.1 Å². The lowest BCUT2D eigenvalue weighted by molar-refractivity contribution is -0.122. The number of amides is 1. The molecule has 0 aliphatic carbocycles. The molecule has 0 aromatic heterocycles. The Hall–Kier alpha value is -0.870. The van der Waals surface area contributed by atoms with E-state index in [4.69, 9.17) is 4.74 Å². The van der Waals surface area contributed by atoms with Gasteiger partial charge in [0.05, 0.1) is 12.6 Å². The Balaban J connectivity index is 3.91. The van der Waals surface area contributed by atoms with Crippen LogP contribution in [0.5, 0.6) is 0 Å². The van der Waals surface area contributed by atoms with E-state index in [0.717, 1.165) is 6.42 Å². The second kappa shape index (κ2) is 8.44. The van der Waals surface area contributed by atoms with Crippen LogP contribution in [-0.2, 0) is 9.53 Å². The molecule has 4 heteroatoms. The smallest absolute Gasteiger partial charge is 0.237 e. The molecular formula is C11H22N2O2. The molecule has 0 saturated carbocycles. The third-order valence-corrected chi connectivity index (χ3v) is 2.16. The average Bonchev–Trinajstić information content (AvgIpc) is 2.24. The van der Waals surface area contributed by atoms with Crippen molar-refractivity contribution in [2.45, 2.75) is 32.4 Å². The number of carbonyl (C=O) groups excluding carboxylic acids is 1. The van der Waals surface area contributed by atoms with Crippen LogP contribution < -0.4 is 10.6 Å². The molecule has 0 bridgehead atoms. The Morgan fingerprint density at radius 3 is 2.73 bits per heavy atom. The molecular weight excluding hydrogens is 192 g/mol. The van der Waals surface area contributed by atoms with Crippen LogP contribution in [0, 0.1) is 0 Å². The fraction of sp³-hybridized carbons (Fsp3) is 0.727. The number of carbonyl (C=O) groups is 1. The topological polar surface area (TPSA) is 50.4 Å². The standard InChI is InChI=1S/C11H22N2O2/c1-5-7-12-11(14)9(3)13-10(6-2)8-15-4/h5,9-10,13H,1,6-8H2,2-4H3,(H,12,14). The zero-order chi connectivity index (χ0) is 11.7. The molecule has 2 atom stereocenters. The Bertz CT molecular complexity index is 195. The molecule has 2 unspecified atom stereocenters. The van der Waals surface area contributed by atoms with Gasteiger partial charge in [-0.2, -0.15) is 0 Å². The van der Waals surface area contributed by atoms with Crippen LogP contribution in [0.15, 0.2) is 12.7 Å². The summed E-state index contributed by atoms with van der Waals surface area (Å²) in [7, 11) is 1.66. The van der Waals surface area contributed by atoms with E-state index in [9.17, 15) is 4.79 Å². The molecule has 0 radical (unpaired) electrons. The first-order valence-electron chi connectivity index (χ1n) is 5.29. The van der Waals surface area contributed by atoms with E-state index in [0.29, 0.717) is 13.2 Å². The molecule has 0 aromatic carbocycles. The molecule has 0 aliphatic rings. The maximum Gasteiger partial charge on any atom is 0.237 e. The minimum absolute atomic E-state index is 0.00977. The van der Waals surface area contributed by atoms with Gasteiger partial charge in [0, 0.05) is 19.7 Å². The van der Waals surface area contributed by atoms with E-state index >= 15 is 0 Å². The lowest BCUT2D eigenvalue weighted by atomic mass is 10.2. The van der Waals surface area contributed by atoms with Gasteiger partial charge >= 0.3 is 0 Å². The number of hydrogen-bond acceptors (Lipinski definition) is 3. The first-order chi connectivity index (χ1) is 7.15. The van der Waals surface area contributed by atoms with Crippen LogP contribution >= 0.6 is 0 Å². The largest absolute Gasteiger partial charge is 0.383 e. The minimum Gasteiger partial charge on any atom is -0.383 e. The van der Waals surface area contributed by atoms with E-state index in [1.165, 1.54) is 0 Å². The summed E-state index contributed by atoms with van der Waals surface area (Å²) in [6, 6.07) is 0.0181. The van der Waals surface area contributed by atoms with E-state index in [1.807, 2.05) is 6.92 Å². The average molecular weight is 214 g/mol. The lowest BCUT2D eigenvalue weighted by Crippen LogP contribution is -2.47. The van der Waals surface area contributed by atoms with Crippen molar-refractivity contribution < 1.29 is 9.53 Å². The lowest BCUT2D eigenvalue weighted by Gasteiger charge is -2.20. The Morgan fingerprint density at radius 1 is 1.60 bits per heavy atom. The zero-order valence-corrected chi connectivity index (χ0v) is 9.88. The van der Waals surface area contributed by atoms with Gasteiger partial charge in [-0.3, -0.25) is 4.79 Å². The maximum absolute atomic E-state index is 11.5. The first-order valence-corrected chi connectivity index (χ1v) is 5.29. The van der Waals surface area contributed by atoms with Crippen LogP contribution in [0.4, 0.5) is 0 Å². The second-order valence-corrected chi connectivity index (χ2v) is 3.48. The third-order valence-electron chi connectivity index (χ3n) is 2.16. The Kier molecular flexibility index (Phi) is 7.95. The molecule has 0 saturated heterocycles. The number of methoxy groups -OCH3 is 1. The fourth-order valence-corrected chi connectivity index (χ4v) is 1.24. The molecule has 1 amide bonds. The van der Waals surface area contributed by atoms with Gasteiger partial charge in [-0.05, 0) is 13.3 Å². The Morgan fingerprint density at radius 2 is 2.27 bits per heavy atom. The summed E-state index contributed by atoms with van der Waals surface area (Å²) >= 11 is 0.